The van der Waals surface area contributed by atoms with E-state index in [1.165, 1.54) is 7.11 Å². The molecule has 0 heterocycles. The maximum Gasteiger partial charge on any atom is 0.341 e. The van der Waals surface area contributed by atoms with Crippen molar-refractivity contribution in [2.24, 2.45) is 0 Å². The second kappa shape index (κ2) is 6.56. The third-order valence-electron chi connectivity index (χ3n) is 2.10. The Bertz CT molecular complexity index is 432. The number of carbonyl (C=O) groups is 1. The Morgan fingerprint density at radius 3 is 2.71 bits per heavy atom. The molecule has 0 N–H and O–H groups in total. The van der Waals surface area contributed by atoms with Gasteiger partial charge in [-0.15, -0.1) is 6.42 Å². The van der Waals surface area contributed by atoms with E-state index >= 15 is 0 Å². The highest BCUT2D eigenvalue weighted by Gasteiger charge is 2.13. The van der Waals surface area contributed by atoms with Gasteiger partial charge in [0.2, 0.25) is 0 Å². The molecule has 0 spiro atoms. The summed E-state index contributed by atoms with van der Waals surface area (Å²) >= 11 is 0. The van der Waals surface area contributed by atoms with Gasteiger partial charge in [-0.05, 0) is 18.2 Å². The lowest BCUT2D eigenvalue weighted by Gasteiger charge is -2.10. The highest BCUT2D eigenvalue weighted by Crippen LogP contribution is 2.20. The van der Waals surface area contributed by atoms with Crippen molar-refractivity contribution in [3.8, 4) is 18.1 Å². The van der Waals surface area contributed by atoms with Crippen molar-refractivity contribution < 1.29 is 19.0 Å². The number of hydrogen-bond acceptors (Lipinski definition) is 4. The van der Waals surface area contributed by atoms with Crippen LogP contribution in [0, 0.1) is 12.3 Å². The second-order valence-electron chi connectivity index (χ2n) is 3.19. The lowest BCUT2D eigenvalue weighted by Crippen LogP contribution is -2.09. The predicted molar refractivity (Wildman–Crippen MR) is 63.1 cm³/mol. The van der Waals surface area contributed by atoms with E-state index < -0.39 is 5.97 Å². The molecule has 90 valence electrons. The smallest absolute Gasteiger partial charge is 0.341 e. The number of carbonyl (C=O) groups excluding carboxylic acids is 1. The number of terminal acetylenes is 1. The molecule has 17 heavy (non-hydrogen) atoms. The van der Waals surface area contributed by atoms with Gasteiger partial charge >= 0.3 is 5.97 Å². The van der Waals surface area contributed by atoms with E-state index in [1.807, 2.05) is 0 Å². The summed E-state index contributed by atoms with van der Waals surface area (Å²) in [6.45, 7) is 0.799. The Morgan fingerprint density at radius 2 is 2.12 bits per heavy atom. The van der Waals surface area contributed by atoms with Gasteiger partial charge in [-0.2, -0.15) is 0 Å². The zero-order chi connectivity index (χ0) is 12.7. The quantitative estimate of drug-likeness (QED) is 0.440. The summed E-state index contributed by atoms with van der Waals surface area (Å²) in [7, 11) is 2.88. The van der Waals surface area contributed by atoms with Crippen LogP contribution in [0.3, 0.4) is 0 Å². The third-order valence-corrected chi connectivity index (χ3v) is 2.10. The number of rotatable bonds is 5. The monoisotopic (exact) mass is 234 g/mol. The average molecular weight is 234 g/mol. The number of ether oxygens (including phenoxy) is 3. The number of esters is 1. The molecule has 4 nitrogen and oxygen atoms in total. The van der Waals surface area contributed by atoms with E-state index in [-0.39, 0.29) is 0 Å². The second-order valence-corrected chi connectivity index (χ2v) is 3.19. The summed E-state index contributed by atoms with van der Waals surface area (Å²) in [6, 6.07) is 4.92. The van der Waals surface area contributed by atoms with Gasteiger partial charge in [0.1, 0.15) is 17.9 Å². The summed E-state index contributed by atoms with van der Waals surface area (Å²) in [5.74, 6) is 2.41. The lowest BCUT2D eigenvalue weighted by molar-refractivity contribution is 0.0593. The summed E-state index contributed by atoms with van der Waals surface area (Å²) < 4.78 is 14.9. The van der Waals surface area contributed by atoms with E-state index in [0.717, 1.165) is 0 Å². The summed E-state index contributed by atoms with van der Waals surface area (Å²) in [5, 5.41) is 0. The molecule has 1 aromatic carbocycles. The first-order valence-electron chi connectivity index (χ1n) is 5.03. The Kier molecular flexibility index (Phi) is 5.05. The first-order valence-corrected chi connectivity index (χ1v) is 5.03. The SMILES string of the molecule is C#Cc1ccc(OCCOC)c(C(=O)OC)c1. The van der Waals surface area contributed by atoms with E-state index in [4.69, 9.17) is 15.9 Å². The molecule has 4 heteroatoms. The van der Waals surface area contributed by atoms with Crippen molar-refractivity contribution >= 4 is 5.97 Å². The maximum absolute atomic E-state index is 11.5. The van der Waals surface area contributed by atoms with Crippen molar-refractivity contribution in [1.29, 1.82) is 0 Å². The molecule has 0 atom stereocenters. The molecule has 0 saturated carbocycles. The van der Waals surface area contributed by atoms with Crippen LogP contribution >= 0.6 is 0 Å². The normalized spacial score (nSPS) is 9.47. The van der Waals surface area contributed by atoms with Crippen LogP contribution in [-0.4, -0.2) is 33.4 Å². The van der Waals surface area contributed by atoms with Crippen LogP contribution in [0.25, 0.3) is 0 Å². The lowest BCUT2D eigenvalue weighted by atomic mass is 10.1. The van der Waals surface area contributed by atoms with Gasteiger partial charge in [-0.3, -0.25) is 0 Å². The first kappa shape index (κ1) is 13.1. The minimum Gasteiger partial charge on any atom is -0.490 e. The average Bonchev–Trinajstić information content (AvgIpc) is 2.38. The summed E-state index contributed by atoms with van der Waals surface area (Å²) in [4.78, 5) is 11.5. The van der Waals surface area contributed by atoms with Crippen molar-refractivity contribution in [2.45, 2.75) is 0 Å². The molecule has 0 radical (unpaired) electrons. The van der Waals surface area contributed by atoms with Gasteiger partial charge in [0.25, 0.3) is 0 Å². The molecule has 0 unspecified atom stereocenters. The molecule has 0 aliphatic rings. The molecule has 0 fully saturated rings. The van der Waals surface area contributed by atoms with E-state index in [2.05, 4.69) is 10.7 Å². The van der Waals surface area contributed by atoms with Crippen LogP contribution in [0.15, 0.2) is 18.2 Å². The van der Waals surface area contributed by atoms with Gasteiger partial charge in [-0.1, -0.05) is 5.92 Å². The third kappa shape index (κ3) is 3.51. The van der Waals surface area contributed by atoms with E-state index in [9.17, 15) is 4.79 Å². The number of methoxy groups -OCH3 is 2. The predicted octanol–water partition coefficient (Wildman–Crippen LogP) is 1.48. The molecular formula is C13H14O4. The zero-order valence-corrected chi connectivity index (χ0v) is 9.86. The van der Waals surface area contributed by atoms with E-state index in [1.54, 1.807) is 25.3 Å². The van der Waals surface area contributed by atoms with Crippen molar-refractivity contribution in [2.75, 3.05) is 27.4 Å². The van der Waals surface area contributed by atoms with Gasteiger partial charge in [0.05, 0.1) is 13.7 Å². The molecule has 0 aliphatic carbocycles. The molecule has 1 rings (SSSR count). The molecule has 0 aromatic heterocycles. The molecule has 0 aliphatic heterocycles. The Hall–Kier alpha value is -1.99. The fourth-order valence-electron chi connectivity index (χ4n) is 1.25. The Labute approximate surface area is 100 Å². The summed E-state index contributed by atoms with van der Waals surface area (Å²) in [6.07, 6.45) is 5.27. The van der Waals surface area contributed by atoms with Gasteiger partial charge in [-0.25, -0.2) is 4.79 Å². The van der Waals surface area contributed by atoms with Crippen LogP contribution in [0.5, 0.6) is 5.75 Å². The summed E-state index contributed by atoms with van der Waals surface area (Å²) in [5.41, 5.74) is 0.920. The van der Waals surface area contributed by atoms with E-state index in [0.29, 0.717) is 30.1 Å². The first-order chi connectivity index (χ1) is 8.22. The van der Waals surface area contributed by atoms with Crippen LogP contribution in [0.1, 0.15) is 15.9 Å². The highest BCUT2D eigenvalue weighted by atomic mass is 16.5. The fourth-order valence-corrected chi connectivity index (χ4v) is 1.25. The van der Waals surface area contributed by atoms with Crippen LogP contribution < -0.4 is 4.74 Å². The van der Waals surface area contributed by atoms with Crippen molar-refractivity contribution in [3.05, 3.63) is 29.3 Å². The topological polar surface area (TPSA) is 44.8 Å². The molecule has 0 bridgehead atoms. The molecule has 0 saturated heterocycles. The largest absolute Gasteiger partial charge is 0.490 e. The fraction of sp³-hybridized carbons (Fsp3) is 0.308. The molecule has 1 aromatic rings. The van der Waals surface area contributed by atoms with Crippen molar-refractivity contribution in [3.63, 3.8) is 0 Å². The maximum atomic E-state index is 11.5. The highest BCUT2D eigenvalue weighted by molar-refractivity contribution is 5.92. The molecular weight excluding hydrogens is 220 g/mol. The zero-order valence-electron chi connectivity index (χ0n) is 9.86. The molecule has 0 amide bonds. The Morgan fingerprint density at radius 1 is 1.35 bits per heavy atom. The van der Waals surface area contributed by atoms with Crippen LogP contribution in [-0.2, 0) is 9.47 Å². The van der Waals surface area contributed by atoms with Gasteiger partial charge < -0.3 is 14.2 Å². The van der Waals surface area contributed by atoms with Gasteiger partial charge in [0.15, 0.2) is 0 Å². The minimum absolute atomic E-state index is 0.319. The van der Waals surface area contributed by atoms with Crippen LogP contribution in [0.2, 0.25) is 0 Å². The van der Waals surface area contributed by atoms with Crippen LogP contribution in [0.4, 0.5) is 0 Å². The van der Waals surface area contributed by atoms with Crippen molar-refractivity contribution in [1.82, 2.24) is 0 Å². The minimum atomic E-state index is -0.477. The Balaban J connectivity index is 2.95. The van der Waals surface area contributed by atoms with Gasteiger partial charge in [0, 0.05) is 12.7 Å². The standard InChI is InChI=1S/C13H14O4/c1-4-10-5-6-12(17-8-7-15-2)11(9-10)13(14)16-3/h1,5-6,9H,7-8H2,2-3H3. The number of hydrogen-bond donors (Lipinski definition) is 0. The number of benzene rings is 1.